The molecule has 0 aromatic heterocycles. The first kappa shape index (κ1) is 21.9. The van der Waals surface area contributed by atoms with Crippen LogP contribution in [0, 0.1) is 0 Å². The van der Waals surface area contributed by atoms with Crippen molar-refractivity contribution in [2.75, 3.05) is 6.54 Å². The Labute approximate surface area is 138 Å². The lowest BCUT2D eigenvalue weighted by Crippen LogP contribution is -2.37. The lowest BCUT2D eigenvalue weighted by Gasteiger charge is -2.15. The van der Waals surface area contributed by atoms with E-state index in [4.69, 9.17) is 10.2 Å². The summed E-state index contributed by atoms with van der Waals surface area (Å²) < 4.78 is 0. The van der Waals surface area contributed by atoms with Crippen molar-refractivity contribution < 1.29 is 10.2 Å². The van der Waals surface area contributed by atoms with Crippen LogP contribution in [0.3, 0.4) is 0 Å². The molecule has 0 fully saturated rings. The van der Waals surface area contributed by atoms with E-state index in [0.29, 0.717) is 0 Å². The second-order valence-corrected chi connectivity index (χ2v) is 6.75. The quantitative estimate of drug-likeness (QED) is 0.268. The summed E-state index contributed by atoms with van der Waals surface area (Å²) in [6.07, 6.45) is 17.9. The third-order valence-corrected chi connectivity index (χ3v) is 4.44. The Morgan fingerprint density at radius 2 is 1.00 bits per heavy atom. The molecule has 3 nitrogen and oxygen atoms in total. The highest BCUT2D eigenvalue weighted by Gasteiger charge is 2.07. The third kappa shape index (κ3) is 16.3. The highest BCUT2D eigenvalue weighted by atomic mass is 16.5. The van der Waals surface area contributed by atoms with Crippen LogP contribution in [-0.2, 0) is 0 Å². The molecule has 0 aliphatic heterocycles. The predicted molar refractivity (Wildman–Crippen MR) is 96.0 cm³/mol. The minimum atomic E-state index is -1.24. The van der Waals surface area contributed by atoms with Gasteiger partial charge in [0.25, 0.3) is 0 Å². The van der Waals surface area contributed by atoms with Crippen LogP contribution >= 0.6 is 0 Å². The number of unbranched alkanes of at least 4 members (excludes halogenated alkanes) is 13. The Balaban J connectivity index is 3.03. The predicted octanol–water partition coefficient (Wildman–Crippen LogP) is 4.76. The van der Waals surface area contributed by atoms with E-state index in [1.807, 2.05) is 0 Å². The molecule has 0 saturated carbocycles. The van der Waals surface area contributed by atoms with Crippen molar-refractivity contribution in [3.63, 3.8) is 0 Å². The fourth-order valence-corrected chi connectivity index (χ4v) is 2.75. The second-order valence-electron chi connectivity index (χ2n) is 6.75. The highest BCUT2D eigenvalue weighted by molar-refractivity contribution is 4.61. The first-order chi connectivity index (χ1) is 10.7. The molecule has 0 rings (SSSR count). The van der Waals surface area contributed by atoms with E-state index in [2.05, 4.69) is 12.2 Å². The van der Waals surface area contributed by atoms with Crippen molar-refractivity contribution in [2.24, 2.45) is 0 Å². The molecular formula is C19H41NO2. The summed E-state index contributed by atoms with van der Waals surface area (Å²) in [5.41, 5.74) is 0. The van der Waals surface area contributed by atoms with Crippen molar-refractivity contribution in [1.29, 1.82) is 0 Å². The van der Waals surface area contributed by atoms with E-state index < -0.39 is 6.29 Å². The van der Waals surface area contributed by atoms with Gasteiger partial charge in [-0.05, 0) is 19.9 Å². The summed E-state index contributed by atoms with van der Waals surface area (Å²) in [7, 11) is 0. The zero-order valence-corrected chi connectivity index (χ0v) is 15.2. The van der Waals surface area contributed by atoms with Crippen LogP contribution in [0.2, 0.25) is 0 Å². The molecule has 0 aliphatic carbocycles. The molecule has 0 saturated heterocycles. The van der Waals surface area contributed by atoms with Gasteiger partial charge in [0, 0.05) is 0 Å². The van der Waals surface area contributed by atoms with Gasteiger partial charge < -0.3 is 15.5 Å². The second kappa shape index (κ2) is 17.2. The first-order valence-electron chi connectivity index (χ1n) is 9.78. The van der Waals surface area contributed by atoms with Crippen LogP contribution < -0.4 is 5.32 Å². The molecule has 3 N–H and O–H groups in total. The van der Waals surface area contributed by atoms with Gasteiger partial charge in [0.2, 0.25) is 0 Å². The van der Waals surface area contributed by atoms with E-state index in [1.54, 1.807) is 6.92 Å². The Bertz CT molecular complexity index is 210. The van der Waals surface area contributed by atoms with Crippen molar-refractivity contribution in [2.45, 2.75) is 116 Å². The van der Waals surface area contributed by atoms with Crippen LogP contribution in [0.25, 0.3) is 0 Å². The number of hydrogen-bond acceptors (Lipinski definition) is 3. The van der Waals surface area contributed by atoms with Crippen molar-refractivity contribution in [1.82, 2.24) is 5.32 Å². The molecule has 0 aromatic carbocycles. The monoisotopic (exact) mass is 315 g/mol. The molecule has 0 aromatic rings. The average molecular weight is 316 g/mol. The number of nitrogens with one attached hydrogen (secondary N) is 1. The molecule has 3 heteroatoms. The van der Waals surface area contributed by atoms with Gasteiger partial charge in [-0.3, -0.25) is 0 Å². The normalized spacial score (nSPS) is 13.0. The van der Waals surface area contributed by atoms with Crippen LogP contribution in [0.1, 0.15) is 104 Å². The van der Waals surface area contributed by atoms with Gasteiger partial charge in [-0.15, -0.1) is 0 Å². The van der Waals surface area contributed by atoms with E-state index in [-0.39, 0.29) is 6.04 Å². The van der Waals surface area contributed by atoms with Gasteiger partial charge in [-0.1, -0.05) is 90.4 Å². The van der Waals surface area contributed by atoms with Crippen molar-refractivity contribution >= 4 is 0 Å². The molecular weight excluding hydrogens is 274 g/mol. The summed E-state index contributed by atoms with van der Waals surface area (Å²) in [4.78, 5) is 0. The van der Waals surface area contributed by atoms with Crippen molar-refractivity contribution in [3.8, 4) is 0 Å². The largest absolute Gasteiger partial charge is 0.367 e. The molecule has 134 valence electrons. The van der Waals surface area contributed by atoms with Gasteiger partial charge in [0.15, 0.2) is 6.29 Å². The average Bonchev–Trinajstić information content (AvgIpc) is 2.50. The van der Waals surface area contributed by atoms with Gasteiger partial charge >= 0.3 is 0 Å². The van der Waals surface area contributed by atoms with E-state index >= 15 is 0 Å². The van der Waals surface area contributed by atoms with E-state index in [9.17, 15) is 0 Å². The van der Waals surface area contributed by atoms with E-state index in [0.717, 1.165) is 13.0 Å². The Morgan fingerprint density at radius 3 is 1.36 bits per heavy atom. The third-order valence-electron chi connectivity index (χ3n) is 4.44. The Hall–Kier alpha value is -0.120. The summed E-state index contributed by atoms with van der Waals surface area (Å²) >= 11 is 0. The smallest absolute Gasteiger partial charge is 0.166 e. The van der Waals surface area contributed by atoms with Crippen LogP contribution in [-0.4, -0.2) is 29.1 Å². The van der Waals surface area contributed by atoms with Gasteiger partial charge in [0.1, 0.15) is 0 Å². The molecule has 0 bridgehead atoms. The lowest BCUT2D eigenvalue weighted by atomic mass is 10.0. The Morgan fingerprint density at radius 1 is 0.636 bits per heavy atom. The number of aliphatic hydroxyl groups is 2. The SMILES string of the molecule is CCCCCCCCCCCCCCCCNC(C)C(O)O. The first-order valence-corrected chi connectivity index (χ1v) is 9.78. The highest BCUT2D eigenvalue weighted by Crippen LogP contribution is 2.12. The van der Waals surface area contributed by atoms with Crippen molar-refractivity contribution in [3.05, 3.63) is 0 Å². The Kier molecular flexibility index (Phi) is 17.1. The summed E-state index contributed by atoms with van der Waals surface area (Å²) in [5.74, 6) is 0. The zero-order chi connectivity index (χ0) is 16.5. The maximum Gasteiger partial charge on any atom is 0.166 e. The lowest BCUT2D eigenvalue weighted by molar-refractivity contribution is -0.0623. The fourth-order valence-electron chi connectivity index (χ4n) is 2.75. The topological polar surface area (TPSA) is 52.5 Å². The summed E-state index contributed by atoms with van der Waals surface area (Å²) in [6.45, 7) is 4.96. The minimum absolute atomic E-state index is 0.220. The van der Waals surface area contributed by atoms with Crippen LogP contribution in [0.4, 0.5) is 0 Å². The molecule has 1 unspecified atom stereocenters. The fraction of sp³-hybridized carbons (Fsp3) is 1.00. The summed E-state index contributed by atoms with van der Waals surface area (Å²) in [5, 5.41) is 21.0. The van der Waals surface area contributed by atoms with Gasteiger partial charge in [0.05, 0.1) is 6.04 Å². The number of aliphatic hydroxyl groups excluding tert-OH is 1. The molecule has 22 heavy (non-hydrogen) atoms. The molecule has 1 atom stereocenters. The molecule has 0 heterocycles. The number of rotatable bonds is 17. The van der Waals surface area contributed by atoms with Crippen LogP contribution in [0.15, 0.2) is 0 Å². The zero-order valence-electron chi connectivity index (χ0n) is 15.2. The van der Waals surface area contributed by atoms with E-state index in [1.165, 1.54) is 83.5 Å². The number of hydrogen-bond donors (Lipinski definition) is 3. The maximum atomic E-state index is 8.93. The standard InChI is InChI=1S/C19H41NO2/c1-3-4-5-6-7-8-9-10-11-12-13-14-15-16-17-20-18(2)19(21)22/h18-22H,3-17H2,1-2H3. The molecule has 0 aliphatic rings. The van der Waals surface area contributed by atoms with Gasteiger partial charge in [-0.25, -0.2) is 0 Å². The molecule has 0 amide bonds. The maximum absolute atomic E-state index is 8.93. The molecule has 0 spiro atoms. The summed E-state index contributed by atoms with van der Waals surface area (Å²) in [6, 6.07) is -0.220. The van der Waals surface area contributed by atoms with Crippen LogP contribution in [0.5, 0.6) is 0 Å². The molecule has 0 radical (unpaired) electrons. The minimum Gasteiger partial charge on any atom is -0.367 e. The van der Waals surface area contributed by atoms with Gasteiger partial charge in [-0.2, -0.15) is 0 Å².